The molecule has 1 heterocycles. The molecule has 2 N–H and O–H groups in total. The first-order valence-corrected chi connectivity index (χ1v) is 6.00. The Labute approximate surface area is 102 Å². The van der Waals surface area contributed by atoms with E-state index in [0.717, 1.165) is 0 Å². The van der Waals surface area contributed by atoms with Crippen LogP contribution in [0.5, 0.6) is 0 Å². The van der Waals surface area contributed by atoms with Crippen molar-refractivity contribution in [2.45, 2.75) is 39.7 Å². The molecule has 0 saturated carbocycles. The van der Waals surface area contributed by atoms with Crippen molar-refractivity contribution in [1.82, 2.24) is 10.2 Å². The average molecular weight is 242 g/mol. The molecule has 0 aromatic carbocycles. The van der Waals surface area contributed by atoms with Gasteiger partial charge in [-0.1, -0.05) is 20.8 Å². The Morgan fingerprint density at radius 2 is 2.06 bits per heavy atom. The topological polar surface area (TPSA) is 69.6 Å². The Hall–Kier alpha value is -1.10. The standard InChI is InChI=1S/C12H22N2O3/c1-12(2,3)6-10(16)13-7-11(17)14-5-4-9(15)8-14/h9,15H,4-8H2,1-3H3,(H,13,16)/t9-/m1/s1. The van der Waals surface area contributed by atoms with Crippen molar-refractivity contribution >= 4 is 11.8 Å². The predicted molar refractivity (Wildman–Crippen MR) is 64.3 cm³/mol. The van der Waals surface area contributed by atoms with Crippen LogP contribution in [0.1, 0.15) is 33.6 Å². The number of aliphatic hydroxyl groups is 1. The van der Waals surface area contributed by atoms with E-state index in [2.05, 4.69) is 5.32 Å². The predicted octanol–water partition coefficient (Wildman–Crippen LogP) is 0.132. The minimum Gasteiger partial charge on any atom is -0.391 e. The maximum Gasteiger partial charge on any atom is 0.242 e. The first-order valence-electron chi connectivity index (χ1n) is 6.00. The van der Waals surface area contributed by atoms with Crippen molar-refractivity contribution in [1.29, 1.82) is 0 Å². The Balaban J connectivity index is 2.26. The fourth-order valence-corrected chi connectivity index (χ4v) is 1.80. The number of aliphatic hydroxyl groups excluding tert-OH is 1. The number of hydrogen-bond acceptors (Lipinski definition) is 3. The summed E-state index contributed by atoms with van der Waals surface area (Å²) < 4.78 is 0. The third-order valence-electron chi connectivity index (χ3n) is 2.64. The highest BCUT2D eigenvalue weighted by atomic mass is 16.3. The molecule has 0 aromatic rings. The summed E-state index contributed by atoms with van der Waals surface area (Å²) in [6, 6.07) is 0. The average Bonchev–Trinajstić information content (AvgIpc) is 2.58. The van der Waals surface area contributed by atoms with Crippen LogP contribution < -0.4 is 5.32 Å². The number of nitrogens with zero attached hydrogens (tertiary/aromatic N) is 1. The van der Waals surface area contributed by atoms with E-state index in [9.17, 15) is 14.7 Å². The van der Waals surface area contributed by atoms with Gasteiger partial charge < -0.3 is 15.3 Å². The zero-order valence-electron chi connectivity index (χ0n) is 10.8. The fourth-order valence-electron chi connectivity index (χ4n) is 1.80. The number of carbonyl (C=O) groups excluding carboxylic acids is 2. The molecule has 5 heteroatoms. The fraction of sp³-hybridized carbons (Fsp3) is 0.833. The molecule has 1 atom stereocenters. The Morgan fingerprint density at radius 1 is 1.41 bits per heavy atom. The van der Waals surface area contributed by atoms with Gasteiger partial charge in [0.25, 0.3) is 0 Å². The molecular formula is C12H22N2O3. The molecule has 1 aliphatic heterocycles. The van der Waals surface area contributed by atoms with Crippen LogP contribution in [0.3, 0.4) is 0 Å². The lowest BCUT2D eigenvalue weighted by Gasteiger charge is -2.19. The second kappa shape index (κ2) is 5.49. The van der Waals surface area contributed by atoms with E-state index in [-0.39, 0.29) is 23.8 Å². The molecular weight excluding hydrogens is 220 g/mol. The molecule has 0 radical (unpaired) electrons. The minimum absolute atomic E-state index is 0.0294. The first-order chi connectivity index (χ1) is 7.78. The lowest BCUT2D eigenvalue weighted by atomic mass is 9.92. The molecule has 17 heavy (non-hydrogen) atoms. The summed E-state index contributed by atoms with van der Waals surface area (Å²) in [5.74, 6) is -0.227. The molecule has 98 valence electrons. The van der Waals surface area contributed by atoms with Gasteiger partial charge in [0.1, 0.15) is 0 Å². The van der Waals surface area contributed by atoms with E-state index in [0.29, 0.717) is 25.9 Å². The molecule has 0 aromatic heterocycles. The van der Waals surface area contributed by atoms with E-state index in [1.807, 2.05) is 20.8 Å². The normalized spacial score (nSPS) is 20.5. The molecule has 1 fully saturated rings. The maximum atomic E-state index is 11.7. The van der Waals surface area contributed by atoms with Crippen molar-refractivity contribution in [3.63, 3.8) is 0 Å². The van der Waals surface area contributed by atoms with Crippen LogP contribution in [0.15, 0.2) is 0 Å². The molecule has 1 rings (SSSR count). The van der Waals surface area contributed by atoms with Gasteiger partial charge in [-0.3, -0.25) is 9.59 Å². The number of nitrogens with one attached hydrogen (secondary N) is 1. The smallest absolute Gasteiger partial charge is 0.242 e. The zero-order chi connectivity index (χ0) is 13.1. The van der Waals surface area contributed by atoms with Crippen LogP contribution in [0.4, 0.5) is 0 Å². The van der Waals surface area contributed by atoms with E-state index < -0.39 is 6.10 Å². The van der Waals surface area contributed by atoms with Gasteiger partial charge >= 0.3 is 0 Å². The first kappa shape index (κ1) is 14.0. The lowest BCUT2D eigenvalue weighted by Crippen LogP contribution is -2.40. The molecule has 2 amide bonds. The summed E-state index contributed by atoms with van der Waals surface area (Å²) in [6.07, 6.45) is 0.620. The van der Waals surface area contributed by atoms with Crippen molar-refractivity contribution < 1.29 is 14.7 Å². The number of carbonyl (C=O) groups is 2. The highest BCUT2D eigenvalue weighted by molar-refractivity contribution is 5.85. The second-order valence-electron chi connectivity index (χ2n) is 5.80. The van der Waals surface area contributed by atoms with Crippen LogP contribution in [0.2, 0.25) is 0 Å². The van der Waals surface area contributed by atoms with E-state index >= 15 is 0 Å². The van der Waals surface area contributed by atoms with Crippen molar-refractivity contribution in [2.24, 2.45) is 5.41 Å². The van der Waals surface area contributed by atoms with Gasteiger partial charge in [-0.25, -0.2) is 0 Å². The molecule has 1 aliphatic rings. The highest BCUT2D eigenvalue weighted by Crippen LogP contribution is 2.17. The van der Waals surface area contributed by atoms with Crippen LogP contribution in [-0.2, 0) is 9.59 Å². The van der Waals surface area contributed by atoms with Crippen molar-refractivity contribution in [2.75, 3.05) is 19.6 Å². The second-order valence-corrected chi connectivity index (χ2v) is 5.80. The number of rotatable bonds is 3. The van der Waals surface area contributed by atoms with Crippen LogP contribution >= 0.6 is 0 Å². The molecule has 0 aliphatic carbocycles. The van der Waals surface area contributed by atoms with Crippen molar-refractivity contribution in [3.8, 4) is 0 Å². The van der Waals surface area contributed by atoms with Gasteiger partial charge in [-0.05, 0) is 11.8 Å². The molecule has 0 spiro atoms. The van der Waals surface area contributed by atoms with E-state index in [1.54, 1.807) is 4.90 Å². The van der Waals surface area contributed by atoms with Crippen LogP contribution in [-0.4, -0.2) is 47.6 Å². The Morgan fingerprint density at radius 3 is 2.53 bits per heavy atom. The summed E-state index contributed by atoms with van der Waals surface area (Å²) >= 11 is 0. The maximum absolute atomic E-state index is 11.7. The zero-order valence-corrected chi connectivity index (χ0v) is 10.8. The Bertz CT molecular complexity index is 297. The molecule has 1 saturated heterocycles. The monoisotopic (exact) mass is 242 g/mol. The summed E-state index contributed by atoms with van der Waals surface area (Å²) in [4.78, 5) is 24.8. The largest absolute Gasteiger partial charge is 0.391 e. The summed E-state index contributed by atoms with van der Waals surface area (Å²) in [6.45, 7) is 6.92. The SMILES string of the molecule is CC(C)(C)CC(=O)NCC(=O)N1CC[C@@H](O)C1. The van der Waals surface area contributed by atoms with Gasteiger partial charge in [0.2, 0.25) is 11.8 Å². The molecule has 0 bridgehead atoms. The third kappa shape index (κ3) is 5.17. The summed E-state index contributed by atoms with van der Waals surface area (Å²) in [5.41, 5.74) is -0.0725. The number of hydrogen-bond donors (Lipinski definition) is 2. The minimum atomic E-state index is -0.413. The quantitative estimate of drug-likeness (QED) is 0.739. The van der Waals surface area contributed by atoms with Gasteiger partial charge in [0.05, 0.1) is 12.6 Å². The number of β-amino-alcohol motifs (C(OH)–C–C–N with tert-alkyl or cyclic N) is 1. The van der Waals surface area contributed by atoms with Crippen LogP contribution in [0.25, 0.3) is 0 Å². The van der Waals surface area contributed by atoms with Crippen molar-refractivity contribution in [3.05, 3.63) is 0 Å². The summed E-state index contributed by atoms with van der Waals surface area (Å²) in [5, 5.41) is 11.9. The molecule has 5 nitrogen and oxygen atoms in total. The number of amides is 2. The third-order valence-corrected chi connectivity index (χ3v) is 2.64. The highest BCUT2D eigenvalue weighted by Gasteiger charge is 2.24. The lowest BCUT2D eigenvalue weighted by molar-refractivity contribution is -0.132. The number of likely N-dealkylation sites (tertiary alicyclic amines) is 1. The van der Waals surface area contributed by atoms with Gasteiger partial charge in [-0.2, -0.15) is 0 Å². The van der Waals surface area contributed by atoms with Crippen LogP contribution in [0, 0.1) is 5.41 Å². The van der Waals surface area contributed by atoms with Gasteiger partial charge in [0.15, 0.2) is 0 Å². The van der Waals surface area contributed by atoms with Gasteiger partial charge in [-0.15, -0.1) is 0 Å². The summed E-state index contributed by atoms with van der Waals surface area (Å²) in [7, 11) is 0. The Kier molecular flexibility index (Phi) is 4.51. The molecule has 0 unspecified atom stereocenters. The van der Waals surface area contributed by atoms with E-state index in [4.69, 9.17) is 0 Å². The van der Waals surface area contributed by atoms with Gasteiger partial charge in [0, 0.05) is 19.5 Å². The van der Waals surface area contributed by atoms with E-state index in [1.165, 1.54) is 0 Å².